The molecule has 1 saturated heterocycles. The summed E-state index contributed by atoms with van der Waals surface area (Å²) >= 11 is 0. The van der Waals surface area contributed by atoms with Crippen LogP contribution in [0.1, 0.15) is 18.4 Å². The number of nitrogens with two attached hydrogens (primary N) is 1. The zero-order chi connectivity index (χ0) is 17.7. The van der Waals surface area contributed by atoms with Gasteiger partial charge in [0.1, 0.15) is 5.75 Å². The molecule has 3 N–H and O–H groups in total. The van der Waals surface area contributed by atoms with E-state index in [1.54, 1.807) is 13.0 Å². The molecule has 134 valence electrons. The van der Waals surface area contributed by atoms with Gasteiger partial charge in [-0.3, -0.25) is 4.79 Å². The zero-order valence-corrected chi connectivity index (χ0v) is 13.4. The number of alkyl halides is 3. The summed E-state index contributed by atoms with van der Waals surface area (Å²) in [7, 11) is 0. The molecule has 5 nitrogen and oxygen atoms in total. The fraction of sp³-hybridized carbons (Fsp3) is 0.562. The summed E-state index contributed by atoms with van der Waals surface area (Å²) in [4.78, 5) is 12.3. The molecule has 1 fully saturated rings. The molecule has 1 aromatic rings. The van der Waals surface area contributed by atoms with Gasteiger partial charge in [-0.2, -0.15) is 13.2 Å². The molecule has 0 bridgehead atoms. The number of benzene rings is 1. The molecule has 1 unspecified atom stereocenters. The Morgan fingerprint density at radius 3 is 2.71 bits per heavy atom. The Morgan fingerprint density at radius 2 is 2.08 bits per heavy atom. The summed E-state index contributed by atoms with van der Waals surface area (Å²) < 4.78 is 46.8. The van der Waals surface area contributed by atoms with Gasteiger partial charge >= 0.3 is 6.18 Å². The van der Waals surface area contributed by atoms with E-state index in [1.807, 2.05) is 0 Å². The fourth-order valence-electron chi connectivity index (χ4n) is 2.57. The second-order valence-electron chi connectivity index (χ2n) is 5.80. The number of hydrogen-bond donors (Lipinski definition) is 2. The maximum absolute atomic E-state index is 12.3. The van der Waals surface area contributed by atoms with Crippen LogP contribution >= 0.6 is 0 Å². The predicted molar refractivity (Wildman–Crippen MR) is 82.9 cm³/mol. The van der Waals surface area contributed by atoms with E-state index in [4.69, 9.17) is 15.2 Å². The first-order chi connectivity index (χ1) is 11.3. The maximum Gasteiger partial charge on any atom is 0.422 e. The van der Waals surface area contributed by atoms with Gasteiger partial charge in [-0.15, -0.1) is 0 Å². The number of carbonyl (C=O) groups is 1. The van der Waals surface area contributed by atoms with Gasteiger partial charge in [0.15, 0.2) is 6.61 Å². The van der Waals surface area contributed by atoms with Crippen molar-refractivity contribution in [2.45, 2.75) is 32.0 Å². The van der Waals surface area contributed by atoms with Crippen LogP contribution in [-0.2, 0) is 9.53 Å². The molecule has 0 spiro atoms. The Kier molecular flexibility index (Phi) is 6.06. The highest BCUT2D eigenvalue weighted by atomic mass is 19.4. The van der Waals surface area contributed by atoms with Crippen molar-refractivity contribution in [1.82, 2.24) is 0 Å². The molecule has 0 aliphatic carbocycles. The topological polar surface area (TPSA) is 73.6 Å². The van der Waals surface area contributed by atoms with Gasteiger partial charge in [0.05, 0.1) is 6.04 Å². The van der Waals surface area contributed by atoms with Crippen LogP contribution in [0.3, 0.4) is 0 Å². The van der Waals surface area contributed by atoms with E-state index < -0.39 is 18.8 Å². The average molecular weight is 346 g/mol. The van der Waals surface area contributed by atoms with Crippen molar-refractivity contribution in [1.29, 1.82) is 0 Å². The largest absolute Gasteiger partial charge is 0.484 e. The number of rotatable bonds is 5. The number of carbonyl (C=O) groups excluding carboxylic acids is 1. The first kappa shape index (κ1) is 18.5. The zero-order valence-electron chi connectivity index (χ0n) is 13.4. The highest BCUT2D eigenvalue weighted by molar-refractivity contribution is 5.95. The smallest absolute Gasteiger partial charge is 0.422 e. The molecule has 1 aromatic carbocycles. The van der Waals surface area contributed by atoms with Crippen molar-refractivity contribution < 1.29 is 27.4 Å². The quantitative estimate of drug-likeness (QED) is 0.860. The number of nitrogens with one attached hydrogen (secondary N) is 1. The van der Waals surface area contributed by atoms with Crippen LogP contribution in [0.15, 0.2) is 18.2 Å². The lowest BCUT2D eigenvalue weighted by Gasteiger charge is -2.27. The highest BCUT2D eigenvalue weighted by Gasteiger charge is 2.29. The number of hydrogen-bond acceptors (Lipinski definition) is 4. The number of amides is 1. The van der Waals surface area contributed by atoms with Crippen LogP contribution in [0.25, 0.3) is 0 Å². The molecular formula is C16H21F3N2O3. The SMILES string of the molecule is Cc1c(NC(=O)C(N)C2CCOCC2)cccc1OCC(F)(F)F. The third kappa shape index (κ3) is 5.10. The van der Waals surface area contributed by atoms with Crippen molar-refractivity contribution in [3.63, 3.8) is 0 Å². The summed E-state index contributed by atoms with van der Waals surface area (Å²) in [6, 6.07) is 3.86. The Bertz CT molecular complexity index is 572. The third-order valence-corrected chi connectivity index (χ3v) is 4.01. The van der Waals surface area contributed by atoms with E-state index >= 15 is 0 Å². The second kappa shape index (κ2) is 7.85. The molecule has 1 aliphatic rings. The van der Waals surface area contributed by atoms with Crippen LogP contribution < -0.4 is 15.8 Å². The van der Waals surface area contributed by atoms with Gasteiger partial charge in [0.25, 0.3) is 0 Å². The van der Waals surface area contributed by atoms with E-state index in [9.17, 15) is 18.0 Å². The molecule has 1 amide bonds. The lowest BCUT2D eigenvalue weighted by molar-refractivity contribution is -0.153. The maximum atomic E-state index is 12.3. The molecule has 0 radical (unpaired) electrons. The van der Waals surface area contributed by atoms with Crippen molar-refractivity contribution in [3.05, 3.63) is 23.8 Å². The van der Waals surface area contributed by atoms with Crippen molar-refractivity contribution in [2.75, 3.05) is 25.1 Å². The highest BCUT2D eigenvalue weighted by Crippen LogP contribution is 2.28. The van der Waals surface area contributed by atoms with E-state index in [-0.39, 0.29) is 17.6 Å². The van der Waals surface area contributed by atoms with Crippen LogP contribution in [0.2, 0.25) is 0 Å². The van der Waals surface area contributed by atoms with Gasteiger partial charge in [-0.1, -0.05) is 6.07 Å². The number of anilines is 1. The van der Waals surface area contributed by atoms with Crippen LogP contribution in [-0.4, -0.2) is 37.9 Å². The van der Waals surface area contributed by atoms with Gasteiger partial charge in [0, 0.05) is 24.5 Å². The van der Waals surface area contributed by atoms with Gasteiger partial charge < -0.3 is 20.5 Å². The van der Waals surface area contributed by atoms with Gasteiger partial charge in [-0.05, 0) is 37.8 Å². The fourth-order valence-corrected chi connectivity index (χ4v) is 2.57. The summed E-state index contributed by atoms with van der Waals surface area (Å²) in [5, 5.41) is 2.68. The summed E-state index contributed by atoms with van der Waals surface area (Å²) in [6.07, 6.45) is -3.00. The molecule has 24 heavy (non-hydrogen) atoms. The van der Waals surface area contributed by atoms with Crippen molar-refractivity contribution >= 4 is 11.6 Å². The van der Waals surface area contributed by atoms with Gasteiger partial charge in [-0.25, -0.2) is 0 Å². The van der Waals surface area contributed by atoms with Gasteiger partial charge in [0.2, 0.25) is 5.91 Å². The Hall–Kier alpha value is -1.80. The molecule has 1 aliphatic heterocycles. The normalized spacial score (nSPS) is 17.4. The van der Waals surface area contributed by atoms with E-state index in [2.05, 4.69) is 5.32 Å². The number of ether oxygens (including phenoxy) is 2. The first-order valence-corrected chi connectivity index (χ1v) is 7.71. The molecule has 0 saturated carbocycles. The predicted octanol–water partition coefficient (Wildman–Crippen LogP) is 2.63. The minimum absolute atomic E-state index is 0.0312. The summed E-state index contributed by atoms with van der Waals surface area (Å²) in [6.45, 7) is 1.35. The molecule has 8 heteroatoms. The van der Waals surface area contributed by atoms with E-state index in [0.29, 0.717) is 37.3 Å². The average Bonchev–Trinajstić information content (AvgIpc) is 2.55. The lowest BCUT2D eigenvalue weighted by Crippen LogP contribution is -2.44. The van der Waals surface area contributed by atoms with Crippen LogP contribution in [0, 0.1) is 12.8 Å². The minimum atomic E-state index is -4.42. The first-order valence-electron chi connectivity index (χ1n) is 7.71. The summed E-state index contributed by atoms with van der Waals surface area (Å²) in [5.74, 6) is -0.258. The van der Waals surface area contributed by atoms with Crippen molar-refractivity contribution in [3.8, 4) is 5.75 Å². The molecule has 1 heterocycles. The summed E-state index contributed by atoms with van der Waals surface area (Å²) in [5.41, 5.74) is 6.81. The van der Waals surface area contributed by atoms with Crippen LogP contribution in [0.4, 0.5) is 18.9 Å². The standard InChI is InChI=1S/C16H21F3N2O3/c1-10-12(3-2-4-13(10)24-9-16(17,18)19)21-15(22)14(20)11-5-7-23-8-6-11/h2-4,11,14H,5-9,20H2,1H3,(H,21,22). The van der Waals surface area contributed by atoms with Crippen LogP contribution in [0.5, 0.6) is 5.75 Å². The Labute approximate surface area is 138 Å². The van der Waals surface area contributed by atoms with Crippen molar-refractivity contribution in [2.24, 2.45) is 11.7 Å². The molecule has 0 aromatic heterocycles. The minimum Gasteiger partial charge on any atom is -0.484 e. The lowest BCUT2D eigenvalue weighted by atomic mass is 9.92. The molecular weight excluding hydrogens is 325 g/mol. The van der Waals surface area contributed by atoms with E-state index in [1.165, 1.54) is 12.1 Å². The number of halogens is 3. The Morgan fingerprint density at radius 1 is 1.42 bits per heavy atom. The Balaban J connectivity index is 2.02. The third-order valence-electron chi connectivity index (χ3n) is 4.01. The molecule has 2 rings (SSSR count). The van der Waals surface area contributed by atoms with E-state index in [0.717, 1.165) is 0 Å². The monoisotopic (exact) mass is 346 g/mol. The molecule has 1 atom stereocenters. The second-order valence-corrected chi connectivity index (χ2v) is 5.80.